The van der Waals surface area contributed by atoms with Crippen molar-refractivity contribution in [2.75, 3.05) is 7.11 Å². The van der Waals surface area contributed by atoms with Crippen molar-refractivity contribution in [1.29, 1.82) is 0 Å². The van der Waals surface area contributed by atoms with Crippen LogP contribution in [0.5, 0.6) is 0 Å². The van der Waals surface area contributed by atoms with Gasteiger partial charge in [-0.05, 0) is 15.9 Å². The molecule has 0 fully saturated rings. The van der Waals surface area contributed by atoms with Crippen LogP contribution in [0.25, 0.3) is 0 Å². The number of hydrogen-bond donors (Lipinski definition) is 0. The van der Waals surface area contributed by atoms with Crippen molar-refractivity contribution in [3.63, 3.8) is 0 Å². The van der Waals surface area contributed by atoms with E-state index in [1.807, 2.05) is 0 Å². The van der Waals surface area contributed by atoms with Gasteiger partial charge in [0.1, 0.15) is 21.7 Å². The number of carbonyl (C=O) groups is 1. The molecule has 0 aliphatic rings. The molecule has 0 unspecified atom stereocenters. The Kier molecular flexibility index (Phi) is 3.67. The molecule has 0 saturated heterocycles. The first kappa shape index (κ1) is 12.0. The van der Waals surface area contributed by atoms with Crippen LogP contribution in [0.2, 0.25) is 0 Å². The van der Waals surface area contributed by atoms with Crippen LogP contribution in [0.3, 0.4) is 0 Å². The summed E-state index contributed by atoms with van der Waals surface area (Å²) in [6, 6.07) is 0.818. The zero-order chi connectivity index (χ0) is 11.6. The van der Waals surface area contributed by atoms with Crippen molar-refractivity contribution in [3.05, 3.63) is 27.7 Å². The Morgan fingerprint density at radius 1 is 1.60 bits per heavy atom. The summed E-state index contributed by atoms with van der Waals surface area (Å²) >= 11 is 2.75. The molecule has 0 aromatic carbocycles. The smallest absolute Gasteiger partial charge is 0.342 e. The van der Waals surface area contributed by atoms with Gasteiger partial charge in [-0.1, -0.05) is 0 Å². The molecule has 0 aliphatic heterocycles. The normalized spacial score (nSPS) is 10.5. The van der Waals surface area contributed by atoms with Crippen molar-refractivity contribution < 1.29 is 22.7 Å². The number of aromatic nitrogens is 1. The van der Waals surface area contributed by atoms with Crippen LogP contribution in [0.1, 0.15) is 22.5 Å². The SMILES string of the molecule is COC(=O)c1c(F)cc(Br)nc1C(F)F. The molecule has 0 aliphatic carbocycles. The van der Waals surface area contributed by atoms with E-state index in [9.17, 15) is 18.0 Å². The molecule has 1 aromatic rings. The number of carbonyl (C=O) groups excluding carboxylic acids is 1. The summed E-state index contributed by atoms with van der Waals surface area (Å²) in [6.45, 7) is 0. The summed E-state index contributed by atoms with van der Waals surface area (Å²) in [5.41, 5.74) is -1.77. The summed E-state index contributed by atoms with van der Waals surface area (Å²) in [5, 5.41) is 0. The van der Waals surface area contributed by atoms with Gasteiger partial charge in [-0.3, -0.25) is 0 Å². The molecule has 3 nitrogen and oxygen atoms in total. The van der Waals surface area contributed by atoms with Crippen LogP contribution >= 0.6 is 15.9 Å². The molecule has 0 atom stereocenters. The van der Waals surface area contributed by atoms with E-state index in [-0.39, 0.29) is 4.60 Å². The van der Waals surface area contributed by atoms with Crippen molar-refractivity contribution in [2.45, 2.75) is 6.43 Å². The lowest BCUT2D eigenvalue weighted by Gasteiger charge is -2.07. The third kappa shape index (κ3) is 2.47. The molecule has 0 radical (unpaired) electrons. The third-order valence-electron chi connectivity index (χ3n) is 1.56. The Labute approximate surface area is 91.4 Å². The predicted molar refractivity (Wildman–Crippen MR) is 48.2 cm³/mol. The number of nitrogens with zero attached hydrogens (tertiary/aromatic N) is 1. The van der Waals surface area contributed by atoms with Crippen LogP contribution in [0, 0.1) is 5.82 Å². The summed E-state index contributed by atoms with van der Waals surface area (Å²) in [5.74, 6) is -2.28. The molecular weight excluding hydrogens is 279 g/mol. The molecule has 0 spiro atoms. The molecule has 1 heterocycles. The highest BCUT2D eigenvalue weighted by molar-refractivity contribution is 9.10. The quantitative estimate of drug-likeness (QED) is 0.619. The fourth-order valence-corrected chi connectivity index (χ4v) is 1.36. The first-order chi connectivity index (χ1) is 6.97. The highest BCUT2D eigenvalue weighted by Crippen LogP contribution is 2.26. The third-order valence-corrected chi connectivity index (χ3v) is 1.97. The minimum atomic E-state index is -3.05. The number of pyridine rings is 1. The Morgan fingerprint density at radius 3 is 2.67 bits per heavy atom. The number of rotatable bonds is 2. The van der Waals surface area contributed by atoms with Crippen LogP contribution in [-0.4, -0.2) is 18.1 Å². The Hall–Kier alpha value is -1.11. The van der Waals surface area contributed by atoms with E-state index in [0.29, 0.717) is 0 Å². The highest BCUT2D eigenvalue weighted by atomic mass is 79.9. The largest absolute Gasteiger partial charge is 0.465 e. The van der Waals surface area contributed by atoms with Gasteiger partial charge in [0.2, 0.25) is 0 Å². The topological polar surface area (TPSA) is 39.2 Å². The van der Waals surface area contributed by atoms with Gasteiger partial charge < -0.3 is 4.74 Å². The molecule has 15 heavy (non-hydrogen) atoms. The van der Waals surface area contributed by atoms with Crippen LogP contribution in [0.4, 0.5) is 13.2 Å². The van der Waals surface area contributed by atoms with E-state index < -0.39 is 29.5 Å². The molecule has 0 saturated carbocycles. The zero-order valence-corrected chi connectivity index (χ0v) is 9.02. The number of halogens is 4. The average Bonchev–Trinajstić information content (AvgIpc) is 2.15. The number of alkyl halides is 2. The Morgan fingerprint density at radius 2 is 2.20 bits per heavy atom. The second kappa shape index (κ2) is 4.61. The first-order valence-corrected chi connectivity index (χ1v) is 4.49. The molecule has 0 amide bonds. The van der Waals surface area contributed by atoms with Crippen LogP contribution < -0.4 is 0 Å². The lowest BCUT2D eigenvalue weighted by Crippen LogP contribution is -2.11. The van der Waals surface area contributed by atoms with E-state index in [4.69, 9.17) is 0 Å². The van der Waals surface area contributed by atoms with Crippen LogP contribution in [0.15, 0.2) is 10.7 Å². The maximum atomic E-state index is 13.2. The zero-order valence-electron chi connectivity index (χ0n) is 7.43. The van der Waals surface area contributed by atoms with Gasteiger partial charge in [0, 0.05) is 6.07 Å². The van der Waals surface area contributed by atoms with Gasteiger partial charge >= 0.3 is 5.97 Å². The van der Waals surface area contributed by atoms with Gasteiger partial charge in [0.05, 0.1) is 7.11 Å². The maximum absolute atomic E-state index is 13.2. The first-order valence-electron chi connectivity index (χ1n) is 3.69. The lowest BCUT2D eigenvalue weighted by atomic mass is 10.2. The van der Waals surface area contributed by atoms with Gasteiger partial charge in [0.25, 0.3) is 6.43 Å². The van der Waals surface area contributed by atoms with Crippen molar-refractivity contribution in [1.82, 2.24) is 4.98 Å². The fraction of sp³-hybridized carbons (Fsp3) is 0.250. The fourth-order valence-electron chi connectivity index (χ4n) is 0.964. The lowest BCUT2D eigenvalue weighted by molar-refractivity contribution is 0.0580. The Bertz CT molecular complexity index is 398. The van der Waals surface area contributed by atoms with E-state index in [0.717, 1.165) is 13.2 Å². The highest BCUT2D eigenvalue weighted by Gasteiger charge is 2.25. The monoisotopic (exact) mass is 283 g/mol. The van der Waals surface area contributed by atoms with Crippen molar-refractivity contribution in [3.8, 4) is 0 Å². The molecule has 1 aromatic heterocycles. The van der Waals surface area contributed by atoms with Crippen LogP contribution in [-0.2, 0) is 4.74 Å². The van der Waals surface area contributed by atoms with Gasteiger partial charge in [-0.25, -0.2) is 22.9 Å². The van der Waals surface area contributed by atoms with E-state index >= 15 is 0 Å². The Balaban J connectivity index is 3.40. The molecule has 0 bridgehead atoms. The second-order valence-corrected chi connectivity index (χ2v) is 3.29. The standard InChI is InChI=1S/C8H5BrF3NO2/c1-15-8(14)5-3(10)2-4(9)13-6(5)7(11)12/h2,7H,1H3. The van der Waals surface area contributed by atoms with Crippen molar-refractivity contribution in [2.24, 2.45) is 0 Å². The number of esters is 1. The second-order valence-electron chi connectivity index (χ2n) is 2.48. The summed E-state index contributed by atoms with van der Waals surface area (Å²) in [7, 11) is 0.971. The van der Waals surface area contributed by atoms with Gasteiger partial charge in [-0.15, -0.1) is 0 Å². The van der Waals surface area contributed by atoms with E-state index in [1.165, 1.54) is 0 Å². The summed E-state index contributed by atoms with van der Waals surface area (Å²) in [6.07, 6.45) is -3.05. The van der Waals surface area contributed by atoms with E-state index in [1.54, 1.807) is 0 Å². The number of methoxy groups -OCH3 is 1. The molecule has 1 rings (SSSR count). The van der Waals surface area contributed by atoms with Gasteiger partial charge in [-0.2, -0.15) is 0 Å². The number of hydrogen-bond acceptors (Lipinski definition) is 3. The summed E-state index contributed by atoms with van der Waals surface area (Å²) < 4.78 is 42.1. The van der Waals surface area contributed by atoms with E-state index in [2.05, 4.69) is 25.7 Å². The summed E-state index contributed by atoms with van der Waals surface area (Å²) in [4.78, 5) is 14.3. The molecule has 7 heteroatoms. The predicted octanol–water partition coefficient (Wildman–Crippen LogP) is 2.71. The average molecular weight is 284 g/mol. The maximum Gasteiger partial charge on any atom is 0.342 e. The molecule has 82 valence electrons. The minimum Gasteiger partial charge on any atom is -0.465 e. The number of ether oxygens (including phenoxy) is 1. The molecule has 0 N–H and O–H groups in total. The molecular formula is C8H5BrF3NO2. The minimum absolute atomic E-state index is 0.108. The van der Waals surface area contributed by atoms with Gasteiger partial charge in [0.15, 0.2) is 0 Å². The van der Waals surface area contributed by atoms with Crippen molar-refractivity contribution >= 4 is 21.9 Å².